The van der Waals surface area contributed by atoms with Gasteiger partial charge in [-0.1, -0.05) is 48.5 Å². The lowest BCUT2D eigenvalue weighted by Gasteiger charge is -2.17. The smallest absolute Gasteiger partial charge is 0.161 e. The minimum atomic E-state index is 0.0334. The first-order valence-electron chi connectivity index (χ1n) is 6.81. The second kappa shape index (κ2) is 8.43. The molecule has 0 bridgehead atoms. The first-order valence-corrected chi connectivity index (χ1v) is 7.60. The molecular formula is C15H24BrNO2. The van der Waals surface area contributed by atoms with Crippen molar-refractivity contribution in [2.75, 3.05) is 14.2 Å². The van der Waals surface area contributed by atoms with E-state index in [2.05, 4.69) is 22.9 Å². The Bertz CT molecular complexity index is 396. The van der Waals surface area contributed by atoms with Crippen LogP contribution in [0.2, 0.25) is 0 Å². The quantitative estimate of drug-likeness (QED) is 0.717. The van der Waals surface area contributed by atoms with Gasteiger partial charge in [0.1, 0.15) is 0 Å². The molecule has 108 valence electrons. The van der Waals surface area contributed by atoms with Crippen LogP contribution in [0.25, 0.3) is 0 Å². The molecule has 19 heavy (non-hydrogen) atoms. The molecule has 4 heteroatoms. The van der Waals surface area contributed by atoms with Crippen molar-refractivity contribution in [2.24, 2.45) is 5.73 Å². The van der Waals surface area contributed by atoms with Crippen molar-refractivity contribution in [1.82, 2.24) is 0 Å². The monoisotopic (exact) mass is 329 g/mol. The van der Waals surface area contributed by atoms with Gasteiger partial charge in [-0.3, -0.25) is 0 Å². The molecule has 0 saturated heterocycles. The highest BCUT2D eigenvalue weighted by atomic mass is 79.9. The first kappa shape index (κ1) is 16.3. The summed E-state index contributed by atoms with van der Waals surface area (Å²) in [5.74, 6) is 1.45. The molecule has 1 aromatic rings. The zero-order chi connectivity index (χ0) is 14.3. The van der Waals surface area contributed by atoms with Gasteiger partial charge in [0, 0.05) is 10.5 Å². The zero-order valence-corrected chi connectivity index (χ0v) is 13.6. The van der Waals surface area contributed by atoms with Crippen LogP contribution in [0.1, 0.15) is 50.6 Å². The predicted octanol–water partition coefficient (Wildman–Crippen LogP) is 4.44. The number of rotatable bonds is 8. The Morgan fingerprint density at radius 1 is 1.11 bits per heavy atom. The number of hydrogen-bond acceptors (Lipinski definition) is 3. The lowest BCUT2D eigenvalue weighted by Crippen LogP contribution is -2.11. The Morgan fingerprint density at radius 3 is 2.32 bits per heavy atom. The fraction of sp³-hybridized carbons (Fsp3) is 0.600. The summed E-state index contributed by atoms with van der Waals surface area (Å²) in [6.45, 7) is 2.21. The van der Waals surface area contributed by atoms with Crippen LogP contribution in [0.15, 0.2) is 16.6 Å². The van der Waals surface area contributed by atoms with Gasteiger partial charge < -0.3 is 15.2 Å². The van der Waals surface area contributed by atoms with E-state index in [4.69, 9.17) is 15.2 Å². The minimum absolute atomic E-state index is 0.0334. The molecule has 0 heterocycles. The second-order valence-electron chi connectivity index (χ2n) is 4.68. The lowest BCUT2D eigenvalue weighted by atomic mass is 10.0. The van der Waals surface area contributed by atoms with Crippen molar-refractivity contribution >= 4 is 15.9 Å². The number of unbranched alkanes of at least 4 members (excludes halogenated alkanes) is 3. The van der Waals surface area contributed by atoms with Gasteiger partial charge in [0.25, 0.3) is 0 Å². The average molecular weight is 330 g/mol. The van der Waals surface area contributed by atoms with Gasteiger partial charge in [0.2, 0.25) is 0 Å². The van der Waals surface area contributed by atoms with E-state index in [1.54, 1.807) is 14.2 Å². The largest absolute Gasteiger partial charge is 0.493 e. The topological polar surface area (TPSA) is 44.5 Å². The highest BCUT2D eigenvalue weighted by Gasteiger charge is 2.14. The maximum atomic E-state index is 6.27. The fourth-order valence-corrected chi connectivity index (χ4v) is 2.72. The van der Waals surface area contributed by atoms with Gasteiger partial charge in [0.15, 0.2) is 11.5 Å². The van der Waals surface area contributed by atoms with Crippen molar-refractivity contribution < 1.29 is 9.47 Å². The summed E-state index contributed by atoms with van der Waals surface area (Å²) in [5, 5.41) is 0. The Kier molecular flexibility index (Phi) is 7.24. The van der Waals surface area contributed by atoms with Crippen molar-refractivity contribution in [3.05, 3.63) is 22.2 Å². The van der Waals surface area contributed by atoms with Crippen molar-refractivity contribution in [3.63, 3.8) is 0 Å². The normalized spacial score (nSPS) is 12.3. The Balaban J connectivity index is 2.76. The molecule has 1 aromatic carbocycles. The third-order valence-corrected chi connectivity index (χ3v) is 3.96. The molecule has 2 N–H and O–H groups in total. The van der Waals surface area contributed by atoms with Gasteiger partial charge in [-0.2, -0.15) is 0 Å². The van der Waals surface area contributed by atoms with E-state index in [-0.39, 0.29) is 6.04 Å². The van der Waals surface area contributed by atoms with E-state index in [0.29, 0.717) is 0 Å². The van der Waals surface area contributed by atoms with Gasteiger partial charge in [-0.15, -0.1) is 0 Å². The predicted molar refractivity (Wildman–Crippen MR) is 82.9 cm³/mol. The zero-order valence-electron chi connectivity index (χ0n) is 12.0. The van der Waals surface area contributed by atoms with E-state index < -0.39 is 0 Å². The summed E-state index contributed by atoms with van der Waals surface area (Å²) in [7, 11) is 3.27. The van der Waals surface area contributed by atoms with Crippen LogP contribution in [0, 0.1) is 0 Å². The first-order chi connectivity index (χ1) is 9.13. The van der Waals surface area contributed by atoms with Crippen molar-refractivity contribution in [3.8, 4) is 11.5 Å². The molecule has 0 spiro atoms. The number of halogens is 1. The molecule has 1 rings (SSSR count). The summed E-state index contributed by atoms with van der Waals surface area (Å²) in [4.78, 5) is 0. The highest BCUT2D eigenvalue weighted by Crippen LogP contribution is 2.36. The number of benzene rings is 1. The molecule has 0 aliphatic carbocycles. The minimum Gasteiger partial charge on any atom is -0.493 e. The lowest BCUT2D eigenvalue weighted by molar-refractivity contribution is 0.353. The van der Waals surface area contributed by atoms with Crippen LogP contribution < -0.4 is 15.2 Å². The molecule has 3 nitrogen and oxygen atoms in total. The molecule has 1 atom stereocenters. The second-order valence-corrected chi connectivity index (χ2v) is 5.54. The van der Waals surface area contributed by atoms with Crippen LogP contribution >= 0.6 is 15.9 Å². The molecular weight excluding hydrogens is 306 g/mol. The van der Waals surface area contributed by atoms with Gasteiger partial charge in [-0.05, 0) is 24.1 Å². The molecule has 1 unspecified atom stereocenters. The SMILES string of the molecule is CCCCCCC(N)c1cc(OC)c(OC)cc1Br. The standard InChI is InChI=1S/C15H24BrNO2/c1-4-5-6-7-8-13(17)11-9-14(18-2)15(19-3)10-12(11)16/h9-10,13H,4-8,17H2,1-3H3. The maximum absolute atomic E-state index is 6.27. The molecule has 0 aliphatic heterocycles. The van der Waals surface area contributed by atoms with Crippen LogP contribution in [0.4, 0.5) is 0 Å². The molecule has 0 aromatic heterocycles. The van der Waals surface area contributed by atoms with E-state index in [1.807, 2.05) is 12.1 Å². The third-order valence-electron chi connectivity index (χ3n) is 3.27. The molecule has 0 saturated carbocycles. The number of hydrogen-bond donors (Lipinski definition) is 1. The third kappa shape index (κ3) is 4.69. The molecule has 0 radical (unpaired) electrons. The van der Waals surface area contributed by atoms with E-state index >= 15 is 0 Å². The fourth-order valence-electron chi connectivity index (χ4n) is 2.10. The van der Waals surface area contributed by atoms with Crippen LogP contribution in [-0.2, 0) is 0 Å². The molecule has 0 amide bonds. The Labute approximate surface area is 124 Å². The summed E-state index contributed by atoms with van der Waals surface area (Å²) in [6.07, 6.45) is 5.92. The molecule has 0 fully saturated rings. The number of methoxy groups -OCH3 is 2. The maximum Gasteiger partial charge on any atom is 0.161 e. The number of ether oxygens (including phenoxy) is 2. The van der Waals surface area contributed by atoms with E-state index in [0.717, 1.165) is 34.4 Å². The number of nitrogens with two attached hydrogens (primary N) is 1. The average Bonchev–Trinajstić information content (AvgIpc) is 2.42. The Hall–Kier alpha value is -0.740. The van der Waals surface area contributed by atoms with Crippen LogP contribution in [0.3, 0.4) is 0 Å². The van der Waals surface area contributed by atoms with Gasteiger partial charge >= 0.3 is 0 Å². The summed E-state index contributed by atoms with van der Waals surface area (Å²) in [5.41, 5.74) is 7.34. The Morgan fingerprint density at radius 2 is 1.74 bits per heavy atom. The van der Waals surface area contributed by atoms with E-state index in [9.17, 15) is 0 Å². The van der Waals surface area contributed by atoms with Gasteiger partial charge in [0.05, 0.1) is 14.2 Å². The van der Waals surface area contributed by atoms with Crippen LogP contribution in [-0.4, -0.2) is 14.2 Å². The molecule has 0 aliphatic rings. The van der Waals surface area contributed by atoms with Crippen molar-refractivity contribution in [1.29, 1.82) is 0 Å². The van der Waals surface area contributed by atoms with Crippen LogP contribution in [0.5, 0.6) is 11.5 Å². The van der Waals surface area contributed by atoms with E-state index in [1.165, 1.54) is 19.3 Å². The summed E-state index contributed by atoms with van der Waals surface area (Å²) >= 11 is 3.56. The van der Waals surface area contributed by atoms with Crippen molar-refractivity contribution in [2.45, 2.75) is 45.1 Å². The van der Waals surface area contributed by atoms with Gasteiger partial charge in [-0.25, -0.2) is 0 Å². The highest BCUT2D eigenvalue weighted by molar-refractivity contribution is 9.10. The summed E-state index contributed by atoms with van der Waals surface area (Å²) in [6, 6.07) is 3.92. The summed E-state index contributed by atoms with van der Waals surface area (Å²) < 4.78 is 11.6.